The normalized spacial score (nSPS) is 13.8. The number of carbonyl (C=O) groups excluding carboxylic acids is 1. The summed E-state index contributed by atoms with van der Waals surface area (Å²) in [5.74, 6) is 0.0976. The standard InChI is InChI=1S/C15H13NO/c16-14-7-3-6-13-12(14)9-8-10-4-1-2-5-11(10)15(13)17/h1-7H,8-9,16H2. The number of hydrogen-bond acceptors (Lipinski definition) is 2. The number of anilines is 1. The third-order valence-electron chi connectivity index (χ3n) is 3.36. The van der Waals surface area contributed by atoms with Crippen molar-refractivity contribution in [3.63, 3.8) is 0 Å². The molecule has 0 saturated carbocycles. The molecule has 0 saturated heterocycles. The van der Waals surface area contributed by atoms with Gasteiger partial charge in [0, 0.05) is 16.8 Å². The van der Waals surface area contributed by atoms with Crippen molar-refractivity contribution in [2.45, 2.75) is 12.8 Å². The van der Waals surface area contributed by atoms with Crippen molar-refractivity contribution in [3.8, 4) is 0 Å². The Bertz CT molecular complexity index is 602. The van der Waals surface area contributed by atoms with Gasteiger partial charge < -0.3 is 5.73 Å². The molecule has 2 nitrogen and oxygen atoms in total. The lowest BCUT2D eigenvalue weighted by Crippen LogP contribution is -2.05. The molecule has 2 aromatic carbocycles. The van der Waals surface area contributed by atoms with Crippen LogP contribution in [0.3, 0.4) is 0 Å². The van der Waals surface area contributed by atoms with Crippen LogP contribution in [-0.4, -0.2) is 5.78 Å². The minimum absolute atomic E-state index is 0.0976. The van der Waals surface area contributed by atoms with Crippen molar-refractivity contribution in [1.29, 1.82) is 0 Å². The highest BCUT2D eigenvalue weighted by atomic mass is 16.1. The van der Waals surface area contributed by atoms with Crippen molar-refractivity contribution < 1.29 is 4.79 Å². The molecule has 0 aliphatic heterocycles. The highest BCUT2D eigenvalue weighted by molar-refractivity contribution is 6.11. The van der Waals surface area contributed by atoms with Gasteiger partial charge in [-0.3, -0.25) is 4.79 Å². The number of rotatable bonds is 0. The second-order valence-electron chi connectivity index (χ2n) is 4.36. The van der Waals surface area contributed by atoms with Crippen LogP contribution in [0.25, 0.3) is 0 Å². The van der Waals surface area contributed by atoms with Crippen molar-refractivity contribution in [2.75, 3.05) is 5.73 Å². The van der Waals surface area contributed by atoms with Gasteiger partial charge in [0.05, 0.1) is 0 Å². The van der Waals surface area contributed by atoms with Crippen molar-refractivity contribution in [1.82, 2.24) is 0 Å². The predicted octanol–water partition coefficient (Wildman–Crippen LogP) is 2.60. The molecule has 2 N–H and O–H groups in total. The number of ketones is 1. The summed E-state index contributed by atoms with van der Waals surface area (Å²) in [4.78, 5) is 12.4. The molecule has 17 heavy (non-hydrogen) atoms. The Morgan fingerprint density at radius 3 is 2.53 bits per heavy atom. The molecule has 0 heterocycles. The van der Waals surface area contributed by atoms with Crippen LogP contribution < -0.4 is 5.73 Å². The smallest absolute Gasteiger partial charge is 0.193 e. The zero-order chi connectivity index (χ0) is 11.8. The van der Waals surface area contributed by atoms with Crippen LogP contribution in [0.1, 0.15) is 27.0 Å². The van der Waals surface area contributed by atoms with Gasteiger partial charge in [-0.05, 0) is 30.0 Å². The molecular formula is C15H13NO. The van der Waals surface area contributed by atoms with Crippen molar-refractivity contribution in [3.05, 3.63) is 64.7 Å². The van der Waals surface area contributed by atoms with E-state index in [9.17, 15) is 4.79 Å². The molecule has 1 aliphatic rings. The first-order chi connectivity index (χ1) is 8.27. The van der Waals surface area contributed by atoms with E-state index in [0.717, 1.165) is 40.8 Å². The Kier molecular flexibility index (Phi) is 2.22. The topological polar surface area (TPSA) is 43.1 Å². The van der Waals surface area contributed by atoms with Crippen LogP contribution in [0, 0.1) is 0 Å². The number of nitrogen functional groups attached to an aromatic ring is 1. The zero-order valence-electron chi connectivity index (χ0n) is 9.44. The molecule has 0 aromatic heterocycles. The first kappa shape index (κ1) is 10.1. The van der Waals surface area contributed by atoms with Crippen molar-refractivity contribution >= 4 is 11.5 Å². The molecule has 84 valence electrons. The summed E-state index contributed by atoms with van der Waals surface area (Å²) >= 11 is 0. The number of nitrogens with two attached hydrogens (primary N) is 1. The monoisotopic (exact) mass is 223 g/mol. The average Bonchev–Trinajstić information content (AvgIpc) is 2.50. The predicted molar refractivity (Wildman–Crippen MR) is 68.1 cm³/mol. The van der Waals surface area contributed by atoms with E-state index in [1.807, 2.05) is 42.5 Å². The summed E-state index contributed by atoms with van der Waals surface area (Å²) in [7, 11) is 0. The molecule has 2 aromatic rings. The van der Waals surface area contributed by atoms with Gasteiger partial charge in [0.1, 0.15) is 0 Å². The van der Waals surface area contributed by atoms with Gasteiger partial charge in [-0.25, -0.2) is 0 Å². The van der Waals surface area contributed by atoms with E-state index >= 15 is 0 Å². The van der Waals surface area contributed by atoms with Gasteiger partial charge in [-0.1, -0.05) is 36.4 Å². The Labute approximate surface area is 100 Å². The van der Waals surface area contributed by atoms with E-state index in [1.165, 1.54) is 0 Å². The lowest BCUT2D eigenvalue weighted by atomic mass is 9.98. The molecule has 3 rings (SSSR count). The third-order valence-corrected chi connectivity index (χ3v) is 3.36. The van der Waals surface area contributed by atoms with Crippen LogP contribution in [0.15, 0.2) is 42.5 Å². The summed E-state index contributed by atoms with van der Waals surface area (Å²) in [5, 5.41) is 0. The van der Waals surface area contributed by atoms with Crippen molar-refractivity contribution in [2.24, 2.45) is 0 Å². The van der Waals surface area contributed by atoms with E-state index in [2.05, 4.69) is 0 Å². The Balaban J connectivity index is 2.24. The summed E-state index contributed by atoms with van der Waals surface area (Å²) < 4.78 is 0. The Hall–Kier alpha value is -2.09. The lowest BCUT2D eigenvalue weighted by Gasteiger charge is -2.07. The van der Waals surface area contributed by atoms with Gasteiger partial charge >= 0.3 is 0 Å². The number of carbonyl (C=O) groups is 1. The first-order valence-electron chi connectivity index (χ1n) is 5.77. The van der Waals surface area contributed by atoms with E-state index in [1.54, 1.807) is 0 Å². The van der Waals surface area contributed by atoms with E-state index in [0.29, 0.717) is 0 Å². The minimum Gasteiger partial charge on any atom is -0.398 e. The Morgan fingerprint density at radius 2 is 1.65 bits per heavy atom. The molecule has 0 spiro atoms. The maximum atomic E-state index is 12.4. The SMILES string of the molecule is Nc1cccc2c1CCc1ccccc1C2=O. The molecule has 0 fully saturated rings. The number of fused-ring (bicyclic) bond motifs is 2. The van der Waals surface area contributed by atoms with Gasteiger partial charge in [0.25, 0.3) is 0 Å². The molecule has 0 bridgehead atoms. The lowest BCUT2D eigenvalue weighted by molar-refractivity contribution is 0.103. The summed E-state index contributed by atoms with van der Waals surface area (Å²) in [6.07, 6.45) is 1.72. The fraction of sp³-hybridized carbons (Fsp3) is 0.133. The van der Waals surface area contributed by atoms with E-state index in [4.69, 9.17) is 5.73 Å². The molecule has 0 radical (unpaired) electrons. The second-order valence-corrected chi connectivity index (χ2v) is 4.36. The maximum Gasteiger partial charge on any atom is 0.193 e. The Morgan fingerprint density at radius 1 is 0.882 bits per heavy atom. The number of aryl methyl sites for hydroxylation is 1. The van der Waals surface area contributed by atoms with Gasteiger partial charge in [0.15, 0.2) is 5.78 Å². The zero-order valence-corrected chi connectivity index (χ0v) is 9.44. The molecule has 0 unspecified atom stereocenters. The molecule has 2 heteroatoms. The molecule has 0 amide bonds. The van der Waals surface area contributed by atoms with Crippen LogP contribution in [-0.2, 0) is 12.8 Å². The fourth-order valence-electron chi connectivity index (χ4n) is 2.46. The highest BCUT2D eigenvalue weighted by Gasteiger charge is 2.21. The number of benzene rings is 2. The highest BCUT2D eigenvalue weighted by Crippen LogP contribution is 2.27. The third kappa shape index (κ3) is 1.53. The molecule has 1 aliphatic carbocycles. The first-order valence-corrected chi connectivity index (χ1v) is 5.77. The van der Waals surface area contributed by atoms with Crippen LogP contribution in [0.4, 0.5) is 5.69 Å². The summed E-state index contributed by atoms with van der Waals surface area (Å²) in [6.45, 7) is 0. The van der Waals surface area contributed by atoms with E-state index < -0.39 is 0 Å². The average molecular weight is 223 g/mol. The van der Waals surface area contributed by atoms with E-state index in [-0.39, 0.29) is 5.78 Å². The second kappa shape index (κ2) is 3.74. The van der Waals surface area contributed by atoms with Crippen LogP contribution in [0.5, 0.6) is 0 Å². The number of hydrogen-bond donors (Lipinski definition) is 1. The van der Waals surface area contributed by atoms with Gasteiger partial charge in [0.2, 0.25) is 0 Å². The molecule has 0 atom stereocenters. The summed E-state index contributed by atoms with van der Waals surface area (Å²) in [5.41, 5.74) is 10.4. The molecular weight excluding hydrogens is 210 g/mol. The maximum absolute atomic E-state index is 12.4. The summed E-state index contributed by atoms with van der Waals surface area (Å²) in [6, 6.07) is 13.4. The van der Waals surface area contributed by atoms with Gasteiger partial charge in [-0.2, -0.15) is 0 Å². The fourth-order valence-corrected chi connectivity index (χ4v) is 2.46. The van der Waals surface area contributed by atoms with Crippen LogP contribution in [0.2, 0.25) is 0 Å². The van der Waals surface area contributed by atoms with Gasteiger partial charge in [-0.15, -0.1) is 0 Å². The quantitative estimate of drug-likeness (QED) is 0.697. The largest absolute Gasteiger partial charge is 0.398 e. The minimum atomic E-state index is 0.0976. The van der Waals surface area contributed by atoms with Crippen LogP contribution >= 0.6 is 0 Å².